The summed E-state index contributed by atoms with van der Waals surface area (Å²) in [6.07, 6.45) is 0.324. The van der Waals surface area contributed by atoms with E-state index in [4.69, 9.17) is 9.47 Å². The zero-order valence-corrected chi connectivity index (χ0v) is 16.8. The van der Waals surface area contributed by atoms with E-state index in [9.17, 15) is 19.2 Å². The van der Waals surface area contributed by atoms with Gasteiger partial charge in [-0.3, -0.25) is 14.4 Å². The first-order chi connectivity index (χ1) is 13.8. The molecule has 158 valence electrons. The van der Waals surface area contributed by atoms with Crippen LogP contribution < -0.4 is 15.0 Å². The first-order valence-corrected chi connectivity index (χ1v) is 9.36. The number of esters is 2. The van der Waals surface area contributed by atoms with Crippen molar-refractivity contribution < 1.29 is 33.4 Å². The third-order valence-electron chi connectivity index (χ3n) is 4.24. The van der Waals surface area contributed by atoms with E-state index in [1.54, 1.807) is 24.3 Å². The van der Waals surface area contributed by atoms with Crippen molar-refractivity contribution in [1.82, 2.24) is 5.32 Å². The highest BCUT2D eigenvalue weighted by Crippen LogP contribution is 2.31. The monoisotopic (exact) mass is 406 g/mol. The molecule has 0 aromatic heterocycles. The predicted octanol–water partition coefficient (Wildman–Crippen LogP) is 1.05. The van der Waals surface area contributed by atoms with E-state index in [1.807, 2.05) is 13.8 Å². The number of carbonyl (C=O) groups is 4. The number of fused-ring (bicyclic) bond motifs is 1. The number of nitrogens with one attached hydrogen (secondary N) is 1. The van der Waals surface area contributed by atoms with Crippen molar-refractivity contribution in [1.29, 1.82) is 0 Å². The third kappa shape index (κ3) is 6.48. The fourth-order valence-corrected chi connectivity index (χ4v) is 2.88. The van der Waals surface area contributed by atoms with Crippen molar-refractivity contribution in [3.63, 3.8) is 0 Å². The second-order valence-electron chi connectivity index (χ2n) is 6.99. The molecule has 1 N–H and O–H groups in total. The zero-order valence-electron chi connectivity index (χ0n) is 16.8. The normalized spacial score (nSPS) is 13.9. The van der Waals surface area contributed by atoms with Gasteiger partial charge in [-0.2, -0.15) is 0 Å². The number of ether oxygens (including phenoxy) is 3. The number of rotatable bonds is 9. The Morgan fingerprint density at radius 3 is 2.66 bits per heavy atom. The summed E-state index contributed by atoms with van der Waals surface area (Å²) in [5.74, 6) is -1.31. The van der Waals surface area contributed by atoms with Gasteiger partial charge < -0.3 is 24.4 Å². The number of para-hydroxylation sites is 2. The maximum absolute atomic E-state index is 12.1. The summed E-state index contributed by atoms with van der Waals surface area (Å²) in [5, 5.41) is 2.51. The lowest BCUT2D eigenvalue weighted by Gasteiger charge is -2.28. The number of amides is 2. The molecule has 0 saturated carbocycles. The topological polar surface area (TPSA) is 111 Å². The molecule has 1 heterocycles. The number of carbonyl (C=O) groups excluding carboxylic acids is 4. The molecular weight excluding hydrogens is 380 g/mol. The standard InChI is InChI=1S/C20H26N2O7/c1-13(2)10-14(20(26)27-3)21-17(23)11-29-19(25)8-9-22-15-6-4-5-7-16(15)28-12-18(22)24/h4-7,13-14H,8-12H2,1-3H3,(H,21,23)/t14-/m1/s1. The molecule has 0 fully saturated rings. The van der Waals surface area contributed by atoms with Gasteiger partial charge in [-0.25, -0.2) is 4.79 Å². The Morgan fingerprint density at radius 2 is 1.97 bits per heavy atom. The number of methoxy groups -OCH3 is 1. The summed E-state index contributed by atoms with van der Waals surface area (Å²) in [5.41, 5.74) is 0.587. The summed E-state index contributed by atoms with van der Waals surface area (Å²) in [6, 6.07) is 6.24. The fourth-order valence-electron chi connectivity index (χ4n) is 2.88. The largest absolute Gasteiger partial charge is 0.482 e. The Labute approximate surface area is 169 Å². The van der Waals surface area contributed by atoms with E-state index >= 15 is 0 Å². The smallest absolute Gasteiger partial charge is 0.328 e. The van der Waals surface area contributed by atoms with Gasteiger partial charge in [0.15, 0.2) is 13.2 Å². The summed E-state index contributed by atoms with van der Waals surface area (Å²) < 4.78 is 15.0. The minimum Gasteiger partial charge on any atom is -0.482 e. The molecule has 9 heteroatoms. The van der Waals surface area contributed by atoms with Crippen molar-refractivity contribution >= 4 is 29.4 Å². The molecule has 2 amide bonds. The van der Waals surface area contributed by atoms with Crippen LogP contribution in [0.2, 0.25) is 0 Å². The quantitative estimate of drug-likeness (QED) is 0.610. The molecule has 1 atom stereocenters. The zero-order chi connectivity index (χ0) is 21.4. The van der Waals surface area contributed by atoms with Crippen LogP contribution in [-0.4, -0.2) is 56.7 Å². The maximum atomic E-state index is 12.1. The van der Waals surface area contributed by atoms with E-state index in [0.29, 0.717) is 17.9 Å². The van der Waals surface area contributed by atoms with E-state index in [2.05, 4.69) is 10.1 Å². The van der Waals surface area contributed by atoms with Crippen molar-refractivity contribution in [2.45, 2.75) is 32.7 Å². The van der Waals surface area contributed by atoms with Crippen molar-refractivity contribution in [2.24, 2.45) is 5.92 Å². The Kier molecular flexibility index (Phi) is 7.99. The highest BCUT2D eigenvalue weighted by Gasteiger charge is 2.26. The van der Waals surface area contributed by atoms with E-state index < -0.39 is 30.5 Å². The lowest BCUT2D eigenvalue weighted by Crippen LogP contribution is -2.44. The number of nitrogens with zero attached hydrogens (tertiary/aromatic N) is 1. The van der Waals surface area contributed by atoms with Gasteiger partial charge in [0.1, 0.15) is 11.8 Å². The van der Waals surface area contributed by atoms with Crippen LogP contribution in [0.3, 0.4) is 0 Å². The molecule has 0 unspecified atom stereocenters. The number of hydrogen-bond acceptors (Lipinski definition) is 7. The number of hydrogen-bond donors (Lipinski definition) is 1. The summed E-state index contributed by atoms with van der Waals surface area (Å²) in [6.45, 7) is 3.31. The number of anilines is 1. The van der Waals surface area contributed by atoms with Gasteiger partial charge in [0.25, 0.3) is 11.8 Å². The molecule has 0 saturated heterocycles. The Morgan fingerprint density at radius 1 is 1.24 bits per heavy atom. The first-order valence-electron chi connectivity index (χ1n) is 9.36. The molecule has 1 aromatic rings. The highest BCUT2D eigenvalue weighted by molar-refractivity contribution is 5.98. The predicted molar refractivity (Wildman–Crippen MR) is 103 cm³/mol. The third-order valence-corrected chi connectivity index (χ3v) is 4.24. The van der Waals surface area contributed by atoms with Crippen molar-refractivity contribution in [2.75, 3.05) is 31.8 Å². The minimum absolute atomic E-state index is 0.0836. The van der Waals surface area contributed by atoms with Gasteiger partial charge in [0.05, 0.1) is 19.2 Å². The molecule has 2 rings (SSSR count). The average molecular weight is 406 g/mol. The lowest BCUT2D eigenvalue weighted by atomic mass is 10.0. The van der Waals surface area contributed by atoms with E-state index in [1.165, 1.54) is 12.0 Å². The second kappa shape index (κ2) is 10.4. The van der Waals surface area contributed by atoms with Gasteiger partial charge in [0.2, 0.25) is 0 Å². The van der Waals surface area contributed by atoms with E-state index in [0.717, 1.165) is 0 Å². The summed E-state index contributed by atoms with van der Waals surface area (Å²) in [7, 11) is 1.24. The molecule has 0 radical (unpaired) electrons. The molecule has 1 aliphatic heterocycles. The summed E-state index contributed by atoms with van der Waals surface area (Å²) in [4.78, 5) is 49.3. The maximum Gasteiger partial charge on any atom is 0.328 e. The Hall–Kier alpha value is -3.10. The van der Waals surface area contributed by atoms with Crippen LogP contribution >= 0.6 is 0 Å². The van der Waals surface area contributed by atoms with Gasteiger partial charge in [0, 0.05) is 6.54 Å². The van der Waals surface area contributed by atoms with Crippen LogP contribution in [-0.2, 0) is 28.7 Å². The SMILES string of the molecule is COC(=O)[C@@H](CC(C)C)NC(=O)COC(=O)CCN1C(=O)COc2ccccc21. The molecule has 9 nitrogen and oxygen atoms in total. The van der Waals surface area contributed by atoms with Crippen molar-refractivity contribution in [3.05, 3.63) is 24.3 Å². The number of benzene rings is 1. The van der Waals surface area contributed by atoms with E-state index in [-0.39, 0.29) is 31.4 Å². The molecule has 29 heavy (non-hydrogen) atoms. The van der Waals surface area contributed by atoms with Crippen LogP contribution in [0.25, 0.3) is 0 Å². The first kappa shape index (κ1) is 22.2. The molecule has 0 spiro atoms. The summed E-state index contributed by atoms with van der Waals surface area (Å²) >= 11 is 0. The molecule has 1 aliphatic rings. The van der Waals surface area contributed by atoms with Crippen LogP contribution in [0.4, 0.5) is 5.69 Å². The molecule has 0 bridgehead atoms. The molecule has 0 aliphatic carbocycles. The second-order valence-corrected chi connectivity index (χ2v) is 6.99. The van der Waals surface area contributed by atoms with Crippen LogP contribution in [0.15, 0.2) is 24.3 Å². The van der Waals surface area contributed by atoms with Crippen molar-refractivity contribution in [3.8, 4) is 5.75 Å². The molecular formula is C20H26N2O7. The van der Waals surface area contributed by atoms with Crippen LogP contribution in [0.5, 0.6) is 5.75 Å². The highest BCUT2D eigenvalue weighted by atomic mass is 16.5. The van der Waals surface area contributed by atoms with Gasteiger partial charge >= 0.3 is 11.9 Å². The minimum atomic E-state index is -0.798. The van der Waals surface area contributed by atoms with Gasteiger partial charge in [-0.15, -0.1) is 0 Å². The fraction of sp³-hybridized carbons (Fsp3) is 0.500. The Bertz CT molecular complexity index is 763. The average Bonchev–Trinajstić information content (AvgIpc) is 2.70. The molecule has 1 aromatic carbocycles. The van der Waals surface area contributed by atoms with Crippen LogP contribution in [0.1, 0.15) is 26.7 Å². The Balaban J connectivity index is 1.81. The van der Waals surface area contributed by atoms with Crippen LogP contribution in [0, 0.1) is 5.92 Å². The van der Waals surface area contributed by atoms with Gasteiger partial charge in [-0.05, 0) is 24.5 Å². The lowest BCUT2D eigenvalue weighted by molar-refractivity contribution is -0.150. The van der Waals surface area contributed by atoms with Gasteiger partial charge in [-0.1, -0.05) is 26.0 Å².